The third-order valence-electron chi connectivity index (χ3n) is 4.36. The van der Waals surface area contributed by atoms with Gasteiger partial charge in [0, 0.05) is 18.6 Å². The van der Waals surface area contributed by atoms with Crippen LogP contribution in [0.4, 0.5) is 0 Å². The minimum absolute atomic E-state index is 0.107. The van der Waals surface area contributed by atoms with Gasteiger partial charge in [0.25, 0.3) is 0 Å². The van der Waals surface area contributed by atoms with Crippen molar-refractivity contribution in [2.75, 3.05) is 6.61 Å². The van der Waals surface area contributed by atoms with Gasteiger partial charge in [0.1, 0.15) is 0 Å². The van der Waals surface area contributed by atoms with Crippen LogP contribution in [0.2, 0.25) is 0 Å². The molecule has 0 aromatic carbocycles. The number of hydrogen-bond donors (Lipinski definition) is 2. The quantitative estimate of drug-likeness (QED) is 0.776. The van der Waals surface area contributed by atoms with Crippen LogP contribution >= 0.6 is 0 Å². The maximum Gasteiger partial charge on any atom is 0.223 e. The van der Waals surface area contributed by atoms with E-state index in [4.69, 9.17) is 5.11 Å². The molecule has 0 radical (unpaired) electrons. The first-order valence-corrected chi connectivity index (χ1v) is 6.99. The fourth-order valence-electron chi connectivity index (χ4n) is 2.43. The summed E-state index contributed by atoms with van der Waals surface area (Å²) in [6.45, 7) is 6.57. The van der Waals surface area contributed by atoms with Crippen LogP contribution in [0.15, 0.2) is 0 Å². The van der Waals surface area contributed by atoms with Crippen LogP contribution in [0.3, 0.4) is 0 Å². The highest BCUT2D eigenvalue weighted by Crippen LogP contribution is 2.24. The molecule has 0 saturated heterocycles. The van der Waals surface area contributed by atoms with E-state index in [1.54, 1.807) is 0 Å². The second-order valence-corrected chi connectivity index (χ2v) is 5.58. The van der Waals surface area contributed by atoms with E-state index in [-0.39, 0.29) is 11.8 Å². The van der Waals surface area contributed by atoms with Crippen LogP contribution < -0.4 is 5.32 Å². The fraction of sp³-hybridized carbons (Fsp3) is 0.929. The Morgan fingerprint density at radius 2 is 1.88 bits per heavy atom. The molecule has 2 unspecified atom stereocenters. The summed E-state index contributed by atoms with van der Waals surface area (Å²) < 4.78 is 0. The van der Waals surface area contributed by atoms with E-state index in [2.05, 4.69) is 19.2 Å². The second-order valence-electron chi connectivity index (χ2n) is 5.58. The van der Waals surface area contributed by atoms with Crippen molar-refractivity contribution in [1.29, 1.82) is 0 Å². The van der Waals surface area contributed by atoms with Crippen molar-refractivity contribution in [3.8, 4) is 0 Å². The summed E-state index contributed by atoms with van der Waals surface area (Å²) in [6.07, 6.45) is 5.17. The van der Waals surface area contributed by atoms with Gasteiger partial charge >= 0.3 is 0 Å². The summed E-state index contributed by atoms with van der Waals surface area (Å²) in [5.74, 6) is 1.21. The lowest BCUT2D eigenvalue weighted by molar-refractivity contribution is -0.126. The summed E-state index contributed by atoms with van der Waals surface area (Å²) in [6, 6.07) is 0.330. The molecule has 1 saturated carbocycles. The molecule has 0 aliphatic heterocycles. The van der Waals surface area contributed by atoms with Crippen molar-refractivity contribution >= 4 is 5.91 Å². The Morgan fingerprint density at radius 1 is 1.29 bits per heavy atom. The monoisotopic (exact) mass is 241 g/mol. The van der Waals surface area contributed by atoms with E-state index < -0.39 is 0 Å². The Kier molecular flexibility index (Phi) is 5.96. The van der Waals surface area contributed by atoms with Crippen LogP contribution in [-0.2, 0) is 4.79 Å². The Labute approximate surface area is 105 Å². The second kappa shape index (κ2) is 7.00. The molecule has 0 spiro atoms. The van der Waals surface area contributed by atoms with E-state index in [0.29, 0.717) is 24.5 Å². The molecule has 0 heterocycles. The number of rotatable bonds is 5. The molecule has 3 nitrogen and oxygen atoms in total. The van der Waals surface area contributed by atoms with E-state index in [9.17, 15) is 4.79 Å². The zero-order valence-corrected chi connectivity index (χ0v) is 11.4. The van der Waals surface area contributed by atoms with Gasteiger partial charge in [-0.05, 0) is 37.5 Å². The molecule has 1 fully saturated rings. The molecule has 1 amide bonds. The SMILES string of the molecule is CCC(C)C(C)C(=O)NC1CCC(CO)CC1. The molecule has 17 heavy (non-hydrogen) atoms. The topological polar surface area (TPSA) is 49.3 Å². The summed E-state index contributed by atoms with van der Waals surface area (Å²) in [7, 11) is 0. The highest BCUT2D eigenvalue weighted by Gasteiger charge is 2.25. The average molecular weight is 241 g/mol. The molecule has 0 aromatic heterocycles. The lowest BCUT2D eigenvalue weighted by atomic mass is 9.86. The normalized spacial score (nSPS) is 28.5. The van der Waals surface area contributed by atoms with Gasteiger partial charge in [-0.25, -0.2) is 0 Å². The molecule has 3 heteroatoms. The summed E-state index contributed by atoms with van der Waals surface area (Å²) in [5, 5.41) is 12.2. The standard InChI is InChI=1S/C14H27NO2/c1-4-10(2)11(3)14(17)15-13-7-5-12(9-16)6-8-13/h10-13,16H,4-9H2,1-3H3,(H,15,17). The summed E-state index contributed by atoms with van der Waals surface area (Å²) >= 11 is 0. The van der Waals surface area contributed by atoms with Gasteiger partial charge in [0.05, 0.1) is 0 Å². The average Bonchev–Trinajstić information content (AvgIpc) is 2.37. The minimum Gasteiger partial charge on any atom is -0.396 e. The van der Waals surface area contributed by atoms with Crippen LogP contribution in [-0.4, -0.2) is 23.7 Å². The Morgan fingerprint density at radius 3 is 2.35 bits per heavy atom. The van der Waals surface area contributed by atoms with Gasteiger partial charge in [0.15, 0.2) is 0 Å². The largest absolute Gasteiger partial charge is 0.396 e. The van der Waals surface area contributed by atoms with Crippen molar-refractivity contribution in [1.82, 2.24) is 5.32 Å². The van der Waals surface area contributed by atoms with Gasteiger partial charge < -0.3 is 10.4 Å². The number of amides is 1. The predicted molar refractivity (Wildman–Crippen MR) is 69.6 cm³/mol. The van der Waals surface area contributed by atoms with Crippen molar-refractivity contribution in [2.45, 2.75) is 58.9 Å². The van der Waals surface area contributed by atoms with Crippen molar-refractivity contribution in [2.24, 2.45) is 17.8 Å². The van der Waals surface area contributed by atoms with Crippen LogP contribution in [0.5, 0.6) is 0 Å². The Balaban J connectivity index is 2.32. The first kappa shape index (κ1) is 14.5. The molecular weight excluding hydrogens is 214 g/mol. The first-order chi connectivity index (χ1) is 8.08. The lowest BCUT2D eigenvalue weighted by Gasteiger charge is -2.29. The third-order valence-corrected chi connectivity index (χ3v) is 4.36. The number of hydrogen-bond acceptors (Lipinski definition) is 2. The molecule has 2 atom stereocenters. The highest BCUT2D eigenvalue weighted by molar-refractivity contribution is 5.78. The molecule has 0 bridgehead atoms. The van der Waals surface area contributed by atoms with Gasteiger partial charge in [-0.3, -0.25) is 4.79 Å². The first-order valence-electron chi connectivity index (χ1n) is 6.99. The summed E-state index contributed by atoms with van der Waals surface area (Å²) in [5.41, 5.74) is 0. The predicted octanol–water partition coefficient (Wildman–Crippen LogP) is 2.34. The van der Waals surface area contributed by atoms with Gasteiger partial charge in [-0.2, -0.15) is 0 Å². The van der Waals surface area contributed by atoms with E-state index in [0.717, 1.165) is 32.1 Å². The van der Waals surface area contributed by atoms with Crippen LogP contribution in [0.1, 0.15) is 52.9 Å². The Hall–Kier alpha value is -0.570. The molecule has 1 aliphatic carbocycles. The molecule has 1 aliphatic rings. The van der Waals surface area contributed by atoms with E-state index in [1.165, 1.54) is 0 Å². The Bertz CT molecular complexity index is 234. The number of aliphatic hydroxyl groups excluding tert-OH is 1. The molecule has 100 valence electrons. The maximum atomic E-state index is 12.0. The highest BCUT2D eigenvalue weighted by atomic mass is 16.3. The van der Waals surface area contributed by atoms with Crippen LogP contribution in [0.25, 0.3) is 0 Å². The summed E-state index contributed by atoms with van der Waals surface area (Å²) in [4.78, 5) is 12.0. The van der Waals surface area contributed by atoms with Gasteiger partial charge in [-0.15, -0.1) is 0 Å². The molecular formula is C14H27NO2. The zero-order valence-electron chi connectivity index (χ0n) is 11.4. The number of carbonyl (C=O) groups excluding carboxylic acids is 1. The van der Waals surface area contributed by atoms with Gasteiger partial charge in [-0.1, -0.05) is 27.2 Å². The smallest absolute Gasteiger partial charge is 0.223 e. The third kappa shape index (κ3) is 4.30. The van der Waals surface area contributed by atoms with Crippen molar-refractivity contribution < 1.29 is 9.90 Å². The fourth-order valence-corrected chi connectivity index (χ4v) is 2.43. The van der Waals surface area contributed by atoms with E-state index in [1.807, 2.05) is 6.92 Å². The van der Waals surface area contributed by atoms with Crippen molar-refractivity contribution in [3.05, 3.63) is 0 Å². The number of nitrogens with one attached hydrogen (secondary N) is 1. The maximum absolute atomic E-state index is 12.0. The lowest BCUT2D eigenvalue weighted by Crippen LogP contribution is -2.42. The van der Waals surface area contributed by atoms with E-state index >= 15 is 0 Å². The minimum atomic E-state index is 0.107. The number of aliphatic hydroxyl groups is 1. The molecule has 1 rings (SSSR count). The van der Waals surface area contributed by atoms with Crippen LogP contribution in [0, 0.1) is 17.8 Å². The number of carbonyl (C=O) groups is 1. The van der Waals surface area contributed by atoms with Gasteiger partial charge in [0.2, 0.25) is 5.91 Å². The molecule has 2 N–H and O–H groups in total. The molecule has 0 aromatic rings. The van der Waals surface area contributed by atoms with Crippen molar-refractivity contribution in [3.63, 3.8) is 0 Å². The zero-order chi connectivity index (χ0) is 12.8.